The predicted molar refractivity (Wildman–Crippen MR) is 96.6 cm³/mol. The van der Waals surface area contributed by atoms with Crippen molar-refractivity contribution in [2.45, 2.75) is 81.2 Å². The molecule has 0 aliphatic heterocycles. The van der Waals surface area contributed by atoms with E-state index in [0.717, 1.165) is 32.1 Å². The summed E-state index contributed by atoms with van der Waals surface area (Å²) in [5.74, 6) is -6.96. The minimum atomic E-state index is -3.96. The van der Waals surface area contributed by atoms with E-state index < -0.39 is 47.7 Å². The van der Waals surface area contributed by atoms with Crippen LogP contribution in [0, 0.1) is 0 Å². The second-order valence-electron chi connectivity index (χ2n) is 6.82. The highest BCUT2D eigenvalue weighted by atomic mass is 16.5. The second kappa shape index (κ2) is 11.7. The normalized spacial score (nSPS) is 17.7. The summed E-state index contributed by atoms with van der Waals surface area (Å²) in [6, 6.07) is 0. The third-order valence-electron chi connectivity index (χ3n) is 4.67. The Balaban J connectivity index is 4.94. The number of carbonyl (C=O) groups is 3. The molecule has 10 heteroatoms. The lowest BCUT2D eigenvalue weighted by Crippen LogP contribution is -2.71. The van der Waals surface area contributed by atoms with Gasteiger partial charge in [-0.15, -0.1) is 6.58 Å². The van der Waals surface area contributed by atoms with Crippen molar-refractivity contribution < 1.29 is 50.1 Å². The summed E-state index contributed by atoms with van der Waals surface area (Å²) in [4.78, 5) is 33.7. The van der Waals surface area contributed by atoms with Crippen molar-refractivity contribution in [3.05, 3.63) is 12.7 Å². The van der Waals surface area contributed by atoms with E-state index >= 15 is 0 Å². The van der Waals surface area contributed by atoms with Gasteiger partial charge in [0.2, 0.25) is 11.2 Å². The number of aliphatic hydroxyl groups excluding tert-OH is 2. The summed E-state index contributed by atoms with van der Waals surface area (Å²) in [5.41, 5.74) is -7.59. The van der Waals surface area contributed by atoms with Crippen LogP contribution in [-0.4, -0.2) is 77.1 Å². The van der Waals surface area contributed by atoms with E-state index in [1.807, 2.05) is 6.08 Å². The first-order valence-electron chi connectivity index (χ1n) is 9.06. The van der Waals surface area contributed by atoms with Crippen molar-refractivity contribution in [1.29, 1.82) is 0 Å². The Labute approximate surface area is 162 Å². The molecule has 0 aliphatic rings. The van der Waals surface area contributed by atoms with Crippen molar-refractivity contribution in [2.75, 3.05) is 0 Å². The fourth-order valence-corrected chi connectivity index (χ4v) is 2.92. The SMILES string of the molecule is C=CCCCCCCCCC(O)CC(O)(C(=O)O)C(O)(C(=O)O)C(O)C(=O)O. The Bertz CT molecular complexity index is 548. The fourth-order valence-electron chi connectivity index (χ4n) is 2.92. The van der Waals surface area contributed by atoms with Gasteiger partial charge in [-0.05, 0) is 19.3 Å². The molecular weight excluding hydrogens is 376 g/mol. The zero-order chi connectivity index (χ0) is 22.0. The van der Waals surface area contributed by atoms with Gasteiger partial charge in [0, 0.05) is 6.42 Å². The Kier molecular flexibility index (Phi) is 10.9. The predicted octanol–water partition coefficient (Wildman–Crippen LogP) is 0.121. The highest BCUT2D eigenvalue weighted by Gasteiger charge is 2.67. The zero-order valence-electron chi connectivity index (χ0n) is 15.7. The summed E-state index contributed by atoms with van der Waals surface area (Å²) in [6.07, 6.45) is 1.96. The second-order valence-corrected chi connectivity index (χ2v) is 6.82. The van der Waals surface area contributed by atoms with Crippen LogP contribution in [-0.2, 0) is 14.4 Å². The third-order valence-corrected chi connectivity index (χ3v) is 4.67. The van der Waals surface area contributed by atoms with Gasteiger partial charge in [0.05, 0.1) is 6.10 Å². The lowest BCUT2D eigenvalue weighted by Gasteiger charge is -2.39. The molecule has 4 atom stereocenters. The number of carboxylic acid groups (broad SMARTS) is 3. The van der Waals surface area contributed by atoms with E-state index in [2.05, 4.69) is 6.58 Å². The van der Waals surface area contributed by atoms with Crippen LogP contribution in [0.1, 0.15) is 57.8 Å². The van der Waals surface area contributed by atoms with Crippen LogP contribution in [0.15, 0.2) is 12.7 Å². The van der Waals surface area contributed by atoms with E-state index in [0.29, 0.717) is 12.8 Å². The minimum absolute atomic E-state index is 0.00110. The highest BCUT2D eigenvalue weighted by Crippen LogP contribution is 2.33. The van der Waals surface area contributed by atoms with E-state index in [9.17, 15) is 39.9 Å². The molecule has 0 heterocycles. The maximum Gasteiger partial charge on any atom is 0.342 e. The molecule has 0 aromatic rings. The molecule has 0 aliphatic carbocycles. The molecule has 0 bridgehead atoms. The lowest BCUT2D eigenvalue weighted by molar-refractivity contribution is -0.235. The van der Waals surface area contributed by atoms with Crippen molar-refractivity contribution in [3.63, 3.8) is 0 Å². The van der Waals surface area contributed by atoms with Crippen molar-refractivity contribution in [2.24, 2.45) is 0 Å². The summed E-state index contributed by atoms with van der Waals surface area (Å²) in [7, 11) is 0. The maximum absolute atomic E-state index is 11.4. The number of allylic oxidation sites excluding steroid dienone is 1. The molecule has 162 valence electrons. The number of aliphatic hydroxyl groups is 4. The van der Waals surface area contributed by atoms with E-state index in [1.165, 1.54) is 0 Å². The van der Waals surface area contributed by atoms with Gasteiger partial charge in [-0.25, -0.2) is 14.4 Å². The van der Waals surface area contributed by atoms with Gasteiger partial charge in [-0.3, -0.25) is 0 Å². The molecular formula is C18H30O10. The molecule has 0 amide bonds. The Morgan fingerprint density at radius 2 is 1.36 bits per heavy atom. The van der Waals surface area contributed by atoms with Crippen LogP contribution in [0.25, 0.3) is 0 Å². The first-order chi connectivity index (χ1) is 12.9. The van der Waals surface area contributed by atoms with Crippen LogP contribution in [0.5, 0.6) is 0 Å². The number of carboxylic acids is 3. The number of rotatable bonds is 16. The first kappa shape index (κ1) is 26.0. The number of hydrogen-bond acceptors (Lipinski definition) is 7. The lowest BCUT2D eigenvalue weighted by atomic mass is 9.74. The van der Waals surface area contributed by atoms with Crippen LogP contribution in [0.3, 0.4) is 0 Å². The molecule has 0 saturated carbocycles. The minimum Gasteiger partial charge on any atom is -0.479 e. The molecule has 0 rings (SSSR count). The third kappa shape index (κ3) is 6.55. The number of hydrogen-bond donors (Lipinski definition) is 7. The number of unbranched alkanes of at least 4 members (excludes halogenated alkanes) is 6. The maximum atomic E-state index is 11.4. The molecule has 0 radical (unpaired) electrons. The van der Waals surface area contributed by atoms with Gasteiger partial charge in [0.15, 0.2) is 6.10 Å². The molecule has 7 N–H and O–H groups in total. The molecule has 10 nitrogen and oxygen atoms in total. The van der Waals surface area contributed by atoms with Crippen LogP contribution in [0.2, 0.25) is 0 Å². The van der Waals surface area contributed by atoms with E-state index in [1.54, 1.807) is 0 Å². The Morgan fingerprint density at radius 1 is 0.857 bits per heavy atom. The number of aliphatic carboxylic acids is 3. The molecule has 4 unspecified atom stereocenters. The van der Waals surface area contributed by atoms with Gasteiger partial charge in [0.25, 0.3) is 0 Å². The summed E-state index contributed by atoms with van der Waals surface area (Å²) in [6.45, 7) is 3.62. The zero-order valence-corrected chi connectivity index (χ0v) is 15.7. The van der Waals surface area contributed by atoms with Gasteiger partial charge >= 0.3 is 17.9 Å². The molecule has 0 spiro atoms. The summed E-state index contributed by atoms with van der Waals surface area (Å²) in [5, 5.41) is 67.0. The van der Waals surface area contributed by atoms with Crippen molar-refractivity contribution >= 4 is 17.9 Å². The summed E-state index contributed by atoms with van der Waals surface area (Å²) < 4.78 is 0. The van der Waals surface area contributed by atoms with Gasteiger partial charge in [-0.1, -0.05) is 38.2 Å². The van der Waals surface area contributed by atoms with Gasteiger partial charge < -0.3 is 35.7 Å². The van der Waals surface area contributed by atoms with E-state index in [-0.39, 0.29) is 6.42 Å². The van der Waals surface area contributed by atoms with Gasteiger partial charge in [-0.2, -0.15) is 0 Å². The molecule has 0 saturated heterocycles. The van der Waals surface area contributed by atoms with E-state index in [4.69, 9.17) is 10.2 Å². The van der Waals surface area contributed by atoms with Crippen molar-refractivity contribution in [3.8, 4) is 0 Å². The molecule has 0 fully saturated rings. The summed E-state index contributed by atoms with van der Waals surface area (Å²) >= 11 is 0. The van der Waals surface area contributed by atoms with Crippen LogP contribution < -0.4 is 0 Å². The molecule has 0 aromatic heterocycles. The average molecular weight is 406 g/mol. The fraction of sp³-hybridized carbons (Fsp3) is 0.722. The molecule has 28 heavy (non-hydrogen) atoms. The average Bonchev–Trinajstić information content (AvgIpc) is 2.61. The quantitative estimate of drug-likeness (QED) is 0.137. The monoisotopic (exact) mass is 406 g/mol. The Morgan fingerprint density at radius 3 is 1.79 bits per heavy atom. The Hall–Kier alpha value is -2.01. The van der Waals surface area contributed by atoms with Crippen LogP contribution >= 0.6 is 0 Å². The molecule has 0 aromatic carbocycles. The topological polar surface area (TPSA) is 193 Å². The van der Waals surface area contributed by atoms with Crippen molar-refractivity contribution in [1.82, 2.24) is 0 Å². The van der Waals surface area contributed by atoms with Crippen LogP contribution in [0.4, 0.5) is 0 Å². The van der Waals surface area contributed by atoms with Gasteiger partial charge in [0.1, 0.15) is 0 Å². The highest BCUT2D eigenvalue weighted by molar-refractivity contribution is 5.95. The standard InChI is InChI=1S/C18H30O10/c1-2-3-4-5-6-7-8-9-10-12(19)11-17(27,15(23)24)18(28,16(25)26)13(20)14(21)22/h2,12-13,19-20,27-28H,1,3-11H2,(H,21,22)(H,23,24)(H,25,26). The largest absolute Gasteiger partial charge is 0.479 e. The first-order valence-corrected chi connectivity index (χ1v) is 9.06. The smallest absolute Gasteiger partial charge is 0.342 e.